The Bertz CT molecular complexity index is 350. The minimum absolute atomic E-state index is 0.484. The van der Waals surface area contributed by atoms with Crippen molar-refractivity contribution in [1.29, 1.82) is 0 Å². The molecule has 0 aliphatic heterocycles. The third-order valence-electron chi connectivity index (χ3n) is 2.72. The number of rotatable bonds is 6. The Hall–Kier alpha value is -0.380. The number of hydrogen-bond acceptors (Lipinski definition) is 2. The molecule has 3 heteroatoms. The largest absolute Gasteiger partial charge is 0.313 e. The van der Waals surface area contributed by atoms with Crippen molar-refractivity contribution in [2.75, 3.05) is 6.54 Å². The summed E-state index contributed by atoms with van der Waals surface area (Å²) in [5.74, 6) is 0. The van der Waals surface area contributed by atoms with Crippen LogP contribution in [0.15, 0.2) is 22.7 Å². The molecule has 0 amide bonds. The lowest BCUT2D eigenvalue weighted by Gasteiger charge is -2.16. The molecule has 0 aliphatic rings. The van der Waals surface area contributed by atoms with Crippen molar-refractivity contribution >= 4 is 15.9 Å². The first-order valence-electron chi connectivity index (χ1n) is 6.21. The van der Waals surface area contributed by atoms with Crippen LogP contribution in [0, 0.1) is 6.92 Å². The molecule has 0 heterocycles. The van der Waals surface area contributed by atoms with Crippen LogP contribution >= 0.6 is 15.9 Å². The van der Waals surface area contributed by atoms with Gasteiger partial charge in [0.25, 0.3) is 0 Å². The predicted octanol–water partition coefficient (Wildman–Crippen LogP) is 3.23. The highest BCUT2D eigenvalue weighted by molar-refractivity contribution is 9.10. The first-order valence-corrected chi connectivity index (χ1v) is 7.00. The van der Waals surface area contributed by atoms with Gasteiger partial charge in [0.15, 0.2) is 0 Å². The van der Waals surface area contributed by atoms with E-state index in [4.69, 9.17) is 0 Å². The van der Waals surface area contributed by atoms with E-state index in [1.165, 1.54) is 15.6 Å². The second kappa shape index (κ2) is 7.14. The fourth-order valence-electron chi connectivity index (χ4n) is 1.52. The second-order valence-electron chi connectivity index (χ2n) is 4.93. The predicted molar refractivity (Wildman–Crippen MR) is 78.3 cm³/mol. The zero-order valence-corrected chi connectivity index (χ0v) is 12.8. The number of hydrogen-bond donors (Lipinski definition) is 2. The van der Waals surface area contributed by atoms with Gasteiger partial charge in [-0.1, -0.05) is 41.9 Å². The van der Waals surface area contributed by atoms with E-state index < -0.39 is 0 Å². The molecule has 1 unspecified atom stereocenters. The van der Waals surface area contributed by atoms with Crippen molar-refractivity contribution < 1.29 is 0 Å². The second-order valence-corrected chi connectivity index (χ2v) is 5.78. The van der Waals surface area contributed by atoms with Gasteiger partial charge in [-0.2, -0.15) is 0 Å². The van der Waals surface area contributed by atoms with Gasteiger partial charge in [0.1, 0.15) is 0 Å². The van der Waals surface area contributed by atoms with Crippen LogP contribution < -0.4 is 10.6 Å². The summed E-state index contributed by atoms with van der Waals surface area (Å²) in [6.45, 7) is 10.6. The highest BCUT2D eigenvalue weighted by Crippen LogP contribution is 2.17. The van der Waals surface area contributed by atoms with Crippen molar-refractivity contribution in [3.63, 3.8) is 0 Å². The molecule has 17 heavy (non-hydrogen) atoms. The minimum Gasteiger partial charge on any atom is -0.313 e. The van der Waals surface area contributed by atoms with Crippen LogP contribution in [0.5, 0.6) is 0 Å². The molecule has 1 atom stereocenters. The summed E-state index contributed by atoms with van der Waals surface area (Å²) >= 11 is 3.56. The molecule has 1 aromatic rings. The zero-order valence-electron chi connectivity index (χ0n) is 11.2. The standard InChI is InChI=1S/C14H23BrN2/c1-10(2)16-8-12(4)17-9-13-6-5-11(3)14(15)7-13/h5-7,10,12,16-17H,8-9H2,1-4H3. The normalized spacial score (nSPS) is 13.1. The Kier molecular flexibility index (Phi) is 6.17. The maximum absolute atomic E-state index is 3.56. The molecule has 0 saturated heterocycles. The summed E-state index contributed by atoms with van der Waals surface area (Å²) in [7, 11) is 0. The summed E-state index contributed by atoms with van der Waals surface area (Å²) in [6, 6.07) is 7.55. The SMILES string of the molecule is Cc1ccc(CNC(C)CNC(C)C)cc1Br. The third kappa shape index (κ3) is 5.66. The molecule has 0 spiro atoms. The molecule has 2 nitrogen and oxygen atoms in total. The van der Waals surface area contributed by atoms with Gasteiger partial charge in [-0.25, -0.2) is 0 Å². The molecular formula is C14H23BrN2. The Morgan fingerprint density at radius 3 is 2.47 bits per heavy atom. The van der Waals surface area contributed by atoms with Gasteiger partial charge < -0.3 is 10.6 Å². The van der Waals surface area contributed by atoms with Crippen LogP contribution in [0.4, 0.5) is 0 Å². The lowest BCUT2D eigenvalue weighted by Crippen LogP contribution is -2.38. The maximum atomic E-state index is 3.56. The molecule has 2 N–H and O–H groups in total. The number of halogens is 1. The Balaban J connectivity index is 2.36. The first kappa shape index (κ1) is 14.7. The maximum Gasteiger partial charge on any atom is 0.0208 e. The van der Waals surface area contributed by atoms with Crippen molar-refractivity contribution in [1.82, 2.24) is 10.6 Å². The summed E-state index contributed by atoms with van der Waals surface area (Å²) in [5.41, 5.74) is 2.60. The summed E-state index contributed by atoms with van der Waals surface area (Å²) < 4.78 is 1.18. The smallest absolute Gasteiger partial charge is 0.0208 e. The van der Waals surface area contributed by atoms with Crippen molar-refractivity contribution in [3.05, 3.63) is 33.8 Å². The van der Waals surface area contributed by atoms with Crippen molar-refractivity contribution in [3.8, 4) is 0 Å². The Morgan fingerprint density at radius 1 is 1.18 bits per heavy atom. The van der Waals surface area contributed by atoms with Gasteiger partial charge >= 0.3 is 0 Å². The van der Waals surface area contributed by atoms with Crippen LogP contribution in [0.2, 0.25) is 0 Å². The van der Waals surface area contributed by atoms with Crippen LogP contribution in [-0.2, 0) is 6.54 Å². The molecular weight excluding hydrogens is 276 g/mol. The van der Waals surface area contributed by atoms with E-state index in [2.05, 4.69) is 72.5 Å². The van der Waals surface area contributed by atoms with E-state index in [0.717, 1.165) is 13.1 Å². The van der Waals surface area contributed by atoms with Crippen LogP contribution in [0.1, 0.15) is 31.9 Å². The zero-order chi connectivity index (χ0) is 12.8. The number of nitrogens with one attached hydrogen (secondary N) is 2. The Morgan fingerprint density at radius 2 is 1.88 bits per heavy atom. The summed E-state index contributed by atoms with van der Waals surface area (Å²) in [5, 5.41) is 6.95. The molecule has 96 valence electrons. The van der Waals surface area contributed by atoms with E-state index in [9.17, 15) is 0 Å². The Labute approximate surface area is 113 Å². The summed E-state index contributed by atoms with van der Waals surface area (Å²) in [4.78, 5) is 0. The molecule has 1 rings (SSSR count). The summed E-state index contributed by atoms with van der Waals surface area (Å²) in [6.07, 6.45) is 0. The van der Waals surface area contributed by atoms with Crippen molar-refractivity contribution in [2.45, 2.75) is 46.3 Å². The number of aryl methyl sites for hydroxylation is 1. The van der Waals surface area contributed by atoms with Gasteiger partial charge in [0.05, 0.1) is 0 Å². The molecule has 0 fully saturated rings. The van der Waals surface area contributed by atoms with Crippen LogP contribution in [0.25, 0.3) is 0 Å². The fraction of sp³-hybridized carbons (Fsp3) is 0.571. The van der Waals surface area contributed by atoms with E-state index in [-0.39, 0.29) is 0 Å². The lowest BCUT2D eigenvalue weighted by molar-refractivity contribution is 0.474. The molecule has 0 aromatic heterocycles. The molecule has 1 aromatic carbocycles. The van der Waals surface area contributed by atoms with E-state index >= 15 is 0 Å². The monoisotopic (exact) mass is 298 g/mol. The molecule has 0 bridgehead atoms. The topological polar surface area (TPSA) is 24.1 Å². The van der Waals surface area contributed by atoms with Crippen LogP contribution in [-0.4, -0.2) is 18.6 Å². The minimum atomic E-state index is 0.484. The van der Waals surface area contributed by atoms with Gasteiger partial charge in [-0.05, 0) is 31.0 Å². The van der Waals surface area contributed by atoms with Gasteiger partial charge in [0.2, 0.25) is 0 Å². The highest BCUT2D eigenvalue weighted by Gasteiger charge is 2.03. The van der Waals surface area contributed by atoms with Gasteiger partial charge in [-0.3, -0.25) is 0 Å². The van der Waals surface area contributed by atoms with E-state index in [1.807, 2.05) is 0 Å². The average Bonchev–Trinajstić information content (AvgIpc) is 2.28. The molecule has 0 saturated carbocycles. The van der Waals surface area contributed by atoms with E-state index in [1.54, 1.807) is 0 Å². The third-order valence-corrected chi connectivity index (χ3v) is 3.58. The van der Waals surface area contributed by atoms with Crippen molar-refractivity contribution in [2.24, 2.45) is 0 Å². The highest BCUT2D eigenvalue weighted by atomic mass is 79.9. The van der Waals surface area contributed by atoms with Gasteiger partial charge in [0, 0.05) is 29.6 Å². The van der Waals surface area contributed by atoms with E-state index in [0.29, 0.717) is 12.1 Å². The number of benzene rings is 1. The lowest BCUT2D eigenvalue weighted by atomic mass is 10.1. The average molecular weight is 299 g/mol. The molecule has 0 radical (unpaired) electrons. The quantitative estimate of drug-likeness (QED) is 0.842. The molecule has 0 aliphatic carbocycles. The van der Waals surface area contributed by atoms with Gasteiger partial charge in [-0.15, -0.1) is 0 Å². The fourth-order valence-corrected chi connectivity index (χ4v) is 1.95. The van der Waals surface area contributed by atoms with Crippen LogP contribution in [0.3, 0.4) is 0 Å². The first-order chi connectivity index (χ1) is 7.99.